The minimum atomic E-state index is -0.425. The summed E-state index contributed by atoms with van der Waals surface area (Å²) in [6.07, 6.45) is 7.46. The normalized spacial score (nSPS) is 10.8. The zero-order valence-corrected chi connectivity index (χ0v) is 14.0. The molecule has 2 aromatic heterocycles. The monoisotopic (exact) mass is 407 g/mol. The first kappa shape index (κ1) is 16.2. The zero-order valence-electron chi connectivity index (χ0n) is 11.9. The molecule has 0 amide bonds. The van der Waals surface area contributed by atoms with Crippen molar-refractivity contribution < 1.29 is 38.1 Å². The highest BCUT2D eigenvalue weighted by molar-refractivity contribution is 5.81. The fourth-order valence-corrected chi connectivity index (χ4v) is 2.04. The van der Waals surface area contributed by atoms with E-state index in [0.29, 0.717) is 11.1 Å². The summed E-state index contributed by atoms with van der Waals surface area (Å²) in [6, 6.07) is 10.4. The topological polar surface area (TPSA) is 54.3 Å². The molecule has 2 heterocycles. The Labute approximate surface area is 144 Å². The van der Waals surface area contributed by atoms with Crippen LogP contribution >= 0.6 is 0 Å². The van der Waals surface area contributed by atoms with E-state index in [9.17, 15) is 9.90 Å². The maximum absolute atomic E-state index is 11.9. The van der Waals surface area contributed by atoms with Crippen molar-refractivity contribution in [3.63, 3.8) is 0 Å². The van der Waals surface area contributed by atoms with E-state index in [1.165, 1.54) is 6.07 Å². The average Bonchev–Trinajstić information content (AvgIpc) is 2.47. The van der Waals surface area contributed by atoms with Gasteiger partial charge in [-0.05, 0) is 29.8 Å². The van der Waals surface area contributed by atoms with E-state index < -0.39 is 5.63 Å². The van der Waals surface area contributed by atoms with E-state index in [4.69, 9.17) is 4.42 Å². The quantitative estimate of drug-likeness (QED) is 0.354. The minimum absolute atomic E-state index is 0. The predicted octanol–water partition coefficient (Wildman–Crippen LogP) is -0.503. The second-order valence-electron chi connectivity index (χ2n) is 4.84. The van der Waals surface area contributed by atoms with Gasteiger partial charge in [-0.15, -0.1) is 0 Å². The number of halogens is 1. The standard InChI is InChI=1S/C17H13NO3.HI/c1-18-8-6-12(7-9-18)2-3-14-10-13-4-5-15(19)11-16(13)21-17(14)20;/h2-11H,1H3;1H. The molecule has 1 aromatic carbocycles. The molecule has 22 heavy (non-hydrogen) atoms. The van der Waals surface area contributed by atoms with Crippen LogP contribution in [0.1, 0.15) is 11.1 Å². The molecule has 5 heteroatoms. The van der Waals surface area contributed by atoms with E-state index in [1.807, 2.05) is 42.2 Å². The highest BCUT2D eigenvalue weighted by atomic mass is 127. The third kappa shape index (κ3) is 3.54. The number of hydrogen-bond donors (Lipinski definition) is 1. The van der Waals surface area contributed by atoms with Gasteiger partial charge >= 0.3 is 5.63 Å². The van der Waals surface area contributed by atoms with Crippen LogP contribution in [0.5, 0.6) is 5.75 Å². The third-order valence-electron chi connectivity index (χ3n) is 3.21. The second-order valence-corrected chi connectivity index (χ2v) is 4.84. The van der Waals surface area contributed by atoms with Crippen molar-refractivity contribution in [2.45, 2.75) is 0 Å². The SMILES string of the molecule is C[n+]1ccc(/C=C/c2cc3ccc(O)cc3oc2=O)cc1.[I-]. The van der Waals surface area contributed by atoms with Crippen molar-refractivity contribution >= 4 is 23.1 Å². The number of rotatable bonds is 2. The molecule has 0 saturated carbocycles. The van der Waals surface area contributed by atoms with Gasteiger partial charge in [0.1, 0.15) is 18.4 Å². The lowest BCUT2D eigenvalue weighted by molar-refractivity contribution is -0.671. The maximum Gasteiger partial charge on any atom is 0.343 e. The molecule has 0 bridgehead atoms. The summed E-state index contributed by atoms with van der Waals surface area (Å²) in [5.74, 6) is 0.0751. The summed E-state index contributed by atoms with van der Waals surface area (Å²) in [5, 5.41) is 10.2. The van der Waals surface area contributed by atoms with Crippen LogP contribution in [-0.4, -0.2) is 5.11 Å². The maximum atomic E-state index is 11.9. The number of fused-ring (bicyclic) bond motifs is 1. The Morgan fingerprint density at radius 2 is 1.82 bits per heavy atom. The van der Waals surface area contributed by atoms with Crippen molar-refractivity contribution in [2.75, 3.05) is 0 Å². The van der Waals surface area contributed by atoms with Crippen molar-refractivity contribution in [3.8, 4) is 5.75 Å². The second kappa shape index (κ2) is 6.74. The van der Waals surface area contributed by atoms with Gasteiger partial charge in [-0.3, -0.25) is 0 Å². The van der Waals surface area contributed by atoms with Gasteiger partial charge in [0, 0.05) is 23.6 Å². The molecule has 0 radical (unpaired) electrons. The molecule has 0 fully saturated rings. The number of benzene rings is 1. The van der Waals surface area contributed by atoms with Gasteiger partial charge in [-0.25, -0.2) is 9.36 Å². The number of aromatic hydroxyl groups is 1. The average molecular weight is 407 g/mol. The van der Waals surface area contributed by atoms with Gasteiger partial charge in [0.2, 0.25) is 0 Å². The number of nitrogens with zero attached hydrogens (tertiary/aromatic N) is 1. The lowest BCUT2D eigenvalue weighted by atomic mass is 10.1. The van der Waals surface area contributed by atoms with Crippen molar-refractivity contribution in [1.82, 2.24) is 0 Å². The smallest absolute Gasteiger partial charge is 0.343 e. The van der Waals surface area contributed by atoms with Gasteiger partial charge in [0.25, 0.3) is 0 Å². The van der Waals surface area contributed by atoms with Crippen LogP contribution in [0, 0.1) is 0 Å². The van der Waals surface area contributed by atoms with Crippen LogP contribution in [0.15, 0.2) is 58.0 Å². The lowest BCUT2D eigenvalue weighted by Gasteiger charge is -1.99. The fourth-order valence-electron chi connectivity index (χ4n) is 2.04. The van der Waals surface area contributed by atoms with Gasteiger partial charge in [0.05, 0.1) is 5.56 Å². The number of phenols is 1. The third-order valence-corrected chi connectivity index (χ3v) is 3.21. The zero-order chi connectivity index (χ0) is 14.8. The van der Waals surface area contributed by atoms with Crippen LogP contribution in [-0.2, 0) is 7.05 Å². The summed E-state index contributed by atoms with van der Waals surface area (Å²) in [7, 11) is 1.95. The Morgan fingerprint density at radius 3 is 2.55 bits per heavy atom. The number of phenolic OH excluding ortho intramolecular Hbond substituents is 1. The lowest BCUT2D eigenvalue weighted by Crippen LogP contribution is -3.00. The number of aromatic nitrogens is 1. The molecule has 0 spiro atoms. The number of hydrogen-bond acceptors (Lipinski definition) is 3. The van der Waals surface area contributed by atoms with Gasteiger partial charge in [-0.1, -0.05) is 6.08 Å². The first-order valence-electron chi connectivity index (χ1n) is 6.52. The largest absolute Gasteiger partial charge is 1.00 e. The molecule has 0 unspecified atom stereocenters. The highest BCUT2D eigenvalue weighted by Gasteiger charge is 2.03. The number of aryl methyl sites for hydroxylation is 1. The molecule has 0 aliphatic carbocycles. The molecular formula is C17H14INO3. The van der Waals surface area contributed by atoms with Gasteiger partial charge in [0.15, 0.2) is 12.4 Å². The van der Waals surface area contributed by atoms with Crippen molar-refractivity contribution in [3.05, 3.63) is 70.3 Å². The van der Waals surface area contributed by atoms with Crippen molar-refractivity contribution in [2.24, 2.45) is 7.05 Å². The Morgan fingerprint density at radius 1 is 1.09 bits per heavy atom. The molecule has 4 nitrogen and oxygen atoms in total. The molecule has 1 N–H and O–H groups in total. The van der Waals surface area contributed by atoms with Gasteiger partial charge in [-0.2, -0.15) is 0 Å². The number of pyridine rings is 1. The summed E-state index contributed by atoms with van der Waals surface area (Å²) < 4.78 is 7.15. The fraction of sp³-hybridized carbons (Fsp3) is 0.0588. The van der Waals surface area contributed by atoms with E-state index >= 15 is 0 Å². The van der Waals surface area contributed by atoms with E-state index in [0.717, 1.165) is 10.9 Å². The van der Waals surface area contributed by atoms with E-state index in [-0.39, 0.29) is 29.7 Å². The molecule has 0 aliphatic rings. The van der Waals surface area contributed by atoms with Crippen LogP contribution in [0.25, 0.3) is 23.1 Å². The van der Waals surface area contributed by atoms with E-state index in [2.05, 4.69) is 0 Å². The first-order valence-corrected chi connectivity index (χ1v) is 6.52. The van der Waals surface area contributed by atoms with Crippen molar-refractivity contribution in [1.29, 1.82) is 0 Å². The Hall–Kier alpha value is -2.15. The summed E-state index contributed by atoms with van der Waals surface area (Å²) in [4.78, 5) is 11.9. The summed E-state index contributed by atoms with van der Waals surface area (Å²) in [5.41, 5.74) is 1.43. The molecule has 3 rings (SSSR count). The predicted molar refractivity (Wildman–Crippen MR) is 80.7 cm³/mol. The Balaban J connectivity index is 0.00000176. The van der Waals surface area contributed by atoms with Crippen LogP contribution < -0.4 is 34.2 Å². The van der Waals surface area contributed by atoms with Crippen LogP contribution in [0.4, 0.5) is 0 Å². The first-order chi connectivity index (χ1) is 10.1. The molecular weight excluding hydrogens is 393 g/mol. The molecule has 0 aliphatic heterocycles. The summed E-state index contributed by atoms with van der Waals surface area (Å²) in [6.45, 7) is 0. The molecule has 112 valence electrons. The van der Waals surface area contributed by atoms with Gasteiger partial charge < -0.3 is 33.5 Å². The highest BCUT2D eigenvalue weighted by Crippen LogP contribution is 2.19. The van der Waals surface area contributed by atoms with Crippen LogP contribution in [0.3, 0.4) is 0 Å². The molecule has 0 saturated heterocycles. The Bertz CT molecular complexity index is 883. The van der Waals surface area contributed by atoms with Crippen LogP contribution in [0.2, 0.25) is 0 Å². The Kier molecular flexibility index (Phi) is 4.97. The minimum Gasteiger partial charge on any atom is -1.00 e. The molecule has 3 aromatic rings. The summed E-state index contributed by atoms with van der Waals surface area (Å²) >= 11 is 0. The molecule has 0 atom stereocenters. The van der Waals surface area contributed by atoms with E-state index in [1.54, 1.807) is 24.3 Å².